The van der Waals surface area contributed by atoms with Gasteiger partial charge < -0.3 is 20.1 Å². The second-order valence-electron chi connectivity index (χ2n) is 7.15. The Balaban J connectivity index is 0.00000320. The Morgan fingerprint density at radius 1 is 1.17 bits per heavy atom. The van der Waals surface area contributed by atoms with Gasteiger partial charge in [0.15, 0.2) is 5.96 Å². The van der Waals surface area contributed by atoms with Crippen molar-refractivity contribution in [1.82, 2.24) is 15.6 Å². The first kappa shape index (κ1) is 24.3. The van der Waals surface area contributed by atoms with E-state index in [9.17, 15) is 4.39 Å². The lowest BCUT2D eigenvalue weighted by Gasteiger charge is -2.19. The number of hydrogen-bond donors (Lipinski definition) is 2. The molecular weight excluding hydrogens is 498 g/mol. The molecule has 0 radical (unpaired) electrons. The van der Waals surface area contributed by atoms with Crippen molar-refractivity contribution in [3.8, 4) is 5.88 Å². The highest BCUT2D eigenvalue weighted by atomic mass is 127. The van der Waals surface area contributed by atoms with Crippen molar-refractivity contribution in [2.75, 3.05) is 33.4 Å². The molecule has 1 aliphatic rings. The summed E-state index contributed by atoms with van der Waals surface area (Å²) in [5.41, 5.74) is 1.64. The minimum Gasteiger partial charge on any atom is -0.475 e. The summed E-state index contributed by atoms with van der Waals surface area (Å²) >= 11 is 0. The number of aliphatic imine (C=N–C) groups is 1. The Morgan fingerprint density at radius 3 is 2.60 bits per heavy atom. The monoisotopic (exact) mass is 528 g/mol. The minimum absolute atomic E-state index is 0. The molecule has 164 valence electrons. The maximum atomic E-state index is 14.2. The fraction of sp³-hybridized carbons (Fsp3) is 0.455. The van der Waals surface area contributed by atoms with E-state index in [4.69, 9.17) is 9.47 Å². The molecule has 0 atom stereocenters. The Bertz CT molecular complexity index is 813. The van der Waals surface area contributed by atoms with Gasteiger partial charge in [-0.1, -0.05) is 24.3 Å². The molecule has 8 heteroatoms. The average Bonchev–Trinajstić information content (AvgIpc) is 3.52. The number of methoxy groups -OCH3 is 1. The van der Waals surface area contributed by atoms with Crippen LogP contribution >= 0.6 is 24.0 Å². The Kier molecular flexibility index (Phi) is 9.77. The van der Waals surface area contributed by atoms with E-state index >= 15 is 0 Å². The van der Waals surface area contributed by atoms with Crippen molar-refractivity contribution in [3.05, 3.63) is 59.5 Å². The van der Waals surface area contributed by atoms with Crippen molar-refractivity contribution in [3.63, 3.8) is 0 Å². The van der Waals surface area contributed by atoms with E-state index < -0.39 is 0 Å². The second-order valence-corrected chi connectivity index (χ2v) is 7.15. The highest BCUT2D eigenvalue weighted by Gasteiger charge is 2.45. The van der Waals surface area contributed by atoms with Crippen LogP contribution in [0.2, 0.25) is 0 Å². The van der Waals surface area contributed by atoms with E-state index in [1.807, 2.05) is 31.2 Å². The van der Waals surface area contributed by atoms with E-state index in [0.717, 1.165) is 36.5 Å². The minimum atomic E-state index is -0.135. The molecule has 2 aromatic rings. The average molecular weight is 528 g/mol. The number of benzene rings is 1. The molecule has 1 saturated carbocycles. The highest BCUT2D eigenvalue weighted by molar-refractivity contribution is 14.0. The lowest BCUT2D eigenvalue weighted by molar-refractivity contribution is 0.143. The number of halogens is 2. The topological polar surface area (TPSA) is 67.8 Å². The van der Waals surface area contributed by atoms with E-state index in [1.165, 1.54) is 6.07 Å². The summed E-state index contributed by atoms with van der Waals surface area (Å²) in [5, 5.41) is 6.63. The maximum Gasteiger partial charge on any atom is 0.213 e. The third kappa shape index (κ3) is 6.80. The summed E-state index contributed by atoms with van der Waals surface area (Å²) in [4.78, 5) is 8.93. The third-order valence-corrected chi connectivity index (χ3v) is 4.99. The number of ether oxygens (including phenoxy) is 2. The molecule has 1 aromatic heterocycles. The molecule has 1 aromatic carbocycles. The lowest BCUT2D eigenvalue weighted by atomic mass is 9.95. The van der Waals surface area contributed by atoms with Crippen LogP contribution in [0.25, 0.3) is 0 Å². The Labute approximate surface area is 194 Å². The number of nitrogens with zero attached hydrogens (tertiary/aromatic N) is 2. The van der Waals surface area contributed by atoms with Gasteiger partial charge in [-0.3, -0.25) is 0 Å². The van der Waals surface area contributed by atoms with Crippen LogP contribution in [0.4, 0.5) is 4.39 Å². The zero-order valence-electron chi connectivity index (χ0n) is 17.5. The van der Waals surface area contributed by atoms with Crippen molar-refractivity contribution in [2.45, 2.75) is 31.7 Å². The van der Waals surface area contributed by atoms with E-state index in [2.05, 4.69) is 20.6 Å². The van der Waals surface area contributed by atoms with Crippen LogP contribution in [-0.4, -0.2) is 44.4 Å². The molecule has 30 heavy (non-hydrogen) atoms. The largest absolute Gasteiger partial charge is 0.475 e. The van der Waals surface area contributed by atoms with Gasteiger partial charge >= 0.3 is 0 Å². The SMILES string of the molecule is CCNC(=NCc1ccc(OCCOC)nc1)NCC1(c2ccccc2F)CC1.I. The molecular formula is C22H30FIN4O2. The quantitative estimate of drug-likeness (QED) is 0.213. The number of hydrogen-bond acceptors (Lipinski definition) is 4. The van der Waals surface area contributed by atoms with Crippen LogP contribution in [0.1, 0.15) is 30.9 Å². The van der Waals surface area contributed by atoms with Crippen molar-refractivity contribution in [2.24, 2.45) is 4.99 Å². The lowest BCUT2D eigenvalue weighted by Crippen LogP contribution is -2.41. The van der Waals surface area contributed by atoms with Gasteiger partial charge in [-0.2, -0.15) is 0 Å². The summed E-state index contributed by atoms with van der Waals surface area (Å²) in [6.45, 7) is 4.93. The van der Waals surface area contributed by atoms with E-state index in [1.54, 1.807) is 19.4 Å². The zero-order valence-corrected chi connectivity index (χ0v) is 19.8. The summed E-state index contributed by atoms with van der Waals surface area (Å²) in [5.74, 6) is 1.16. The second kappa shape index (κ2) is 12.0. The van der Waals surface area contributed by atoms with Gasteiger partial charge in [0.2, 0.25) is 5.88 Å². The summed E-state index contributed by atoms with van der Waals surface area (Å²) < 4.78 is 24.6. The molecule has 0 amide bonds. The first-order chi connectivity index (χ1) is 14.2. The predicted molar refractivity (Wildman–Crippen MR) is 127 cm³/mol. The fourth-order valence-electron chi connectivity index (χ4n) is 3.17. The standard InChI is InChI=1S/C22H29FN4O2.HI/c1-3-24-21(26-15-17-8-9-20(25-14-17)29-13-12-28-2)27-16-22(10-11-22)18-6-4-5-7-19(18)23;/h4-9,14H,3,10-13,15-16H2,1-2H3,(H2,24,26,27);1H. The summed E-state index contributed by atoms with van der Waals surface area (Å²) in [6.07, 6.45) is 3.72. The molecule has 6 nitrogen and oxygen atoms in total. The number of guanidine groups is 1. The van der Waals surface area contributed by atoms with Crippen molar-refractivity contribution in [1.29, 1.82) is 0 Å². The van der Waals surface area contributed by atoms with Crippen LogP contribution in [0.5, 0.6) is 5.88 Å². The predicted octanol–water partition coefficient (Wildman–Crippen LogP) is 3.65. The molecule has 1 fully saturated rings. The molecule has 0 saturated heterocycles. The van der Waals surface area contributed by atoms with E-state index in [0.29, 0.717) is 32.2 Å². The summed E-state index contributed by atoms with van der Waals surface area (Å²) in [7, 11) is 1.63. The van der Waals surface area contributed by atoms with Crippen LogP contribution in [-0.2, 0) is 16.7 Å². The molecule has 0 unspecified atom stereocenters. The normalized spacial score (nSPS) is 14.6. The number of rotatable bonds is 10. The van der Waals surface area contributed by atoms with Crippen LogP contribution in [0.3, 0.4) is 0 Å². The molecule has 0 spiro atoms. The zero-order chi connectivity index (χ0) is 20.5. The number of aromatic nitrogens is 1. The van der Waals surface area contributed by atoms with Gasteiger partial charge in [0.25, 0.3) is 0 Å². The molecule has 0 aliphatic heterocycles. The first-order valence-corrected chi connectivity index (χ1v) is 10.0. The Morgan fingerprint density at radius 2 is 1.97 bits per heavy atom. The van der Waals surface area contributed by atoms with Crippen LogP contribution in [0, 0.1) is 5.82 Å². The third-order valence-electron chi connectivity index (χ3n) is 4.99. The van der Waals surface area contributed by atoms with Gasteiger partial charge in [-0.05, 0) is 37.0 Å². The molecule has 1 aliphatic carbocycles. The number of nitrogens with one attached hydrogen (secondary N) is 2. The van der Waals surface area contributed by atoms with Gasteiger partial charge in [0, 0.05) is 37.9 Å². The summed E-state index contributed by atoms with van der Waals surface area (Å²) in [6, 6.07) is 10.8. The van der Waals surface area contributed by atoms with E-state index in [-0.39, 0.29) is 35.2 Å². The van der Waals surface area contributed by atoms with Gasteiger partial charge in [-0.15, -0.1) is 24.0 Å². The van der Waals surface area contributed by atoms with Crippen LogP contribution < -0.4 is 15.4 Å². The first-order valence-electron chi connectivity index (χ1n) is 10.0. The Hall–Kier alpha value is -1.94. The van der Waals surface area contributed by atoms with Gasteiger partial charge in [-0.25, -0.2) is 14.4 Å². The molecule has 0 bridgehead atoms. The molecule has 2 N–H and O–H groups in total. The fourth-order valence-corrected chi connectivity index (χ4v) is 3.17. The molecule has 3 rings (SSSR count). The number of pyridine rings is 1. The smallest absolute Gasteiger partial charge is 0.213 e. The van der Waals surface area contributed by atoms with Gasteiger partial charge in [0.05, 0.1) is 13.2 Å². The maximum absolute atomic E-state index is 14.2. The molecule has 1 heterocycles. The van der Waals surface area contributed by atoms with Gasteiger partial charge in [0.1, 0.15) is 12.4 Å². The van der Waals surface area contributed by atoms with Crippen molar-refractivity contribution < 1.29 is 13.9 Å². The highest BCUT2D eigenvalue weighted by Crippen LogP contribution is 2.48. The van der Waals surface area contributed by atoms with Crippen molar-refractivity contribution >= 4 is 29.9 Å². The van der Waals surface area contributed by atoms with Crippen LogP contribution in [0.15, 0.2) is 47.6 Å².